The fourth-order valence-corrected chi connectivity index (χ4v) is 2.38. The molecule has 0 bridgehead atoms. The van der Waals surface area contributed by atoms with Crippen LogP contribution in [0, 0.1) is 17.5 Å². The van der Waals surface area contributed by atoms with Gasteiger partial charge in [0.15, 0.2) is 0 Å². The molecule has 0 radical (unpaired) electrons. The summed E-state index contributed by atoms with van der Waals surface area (Å²) in [7, 11) is 0. The Labute approximate surface area is 113 Å². The lowest BCUT2D eigenvalue weighted by Crippen LogP contribution is -2.05. The first-order valence-corrected chi connectivity index (χ1v) is 6.47. The lowest BCUT2D eigenvalue weighted by molar-refractivity contribution is 0.565. The molecule has 2 aromatic carbocycles. The van der Waals surface area contributed by atoms with Gasteiger partial charge in [0.05, 0.1) is 0 Å². The van der Waals surface area contributed by atoms with Crippen molar-refractivity contribution in [1.82, 2.24) is 0 Å². The lowest BCUT2D eigenvalue weighted by Gasteiger charge is -2.09. The molecule has 0 saturated heterocycles. The molecule has 100 valence electrons. The second-order valence-electron chi connectivity index (χ2n) is 4.16. The first-order chi connectivity index (χ1) is 8.97. The van der Waals surface area contributed by atoms with Crippen LogP contribution in [-0.4, -0.2) is 0 Å². The Morgan fingerprint density at radius 2 is 1.53 bits per heavy atom. The van der Waals surface area contributed by atoms with Crippen LogP contribution in [0.5, 0.6) is 0 Å². The number of benzene rings is 2. The van der Waals surface area contributed by atoms with Crippen LogP contribution in [0.4, 0.5) is 13.2 Å². The van der Waals surface area contributed by atoms with E-state index in [0.29, 0.717) is 5.56 Å². The molecule has 0 heterocycles. The molecule has 0 aliphatic heterocycles. The zero-order valence-electron chi connectivity index (χ0n) is 10.2. The van der Waals surface area contributed by atoms with Gasteiger partial charge in [0.2, 0.25) is 0 Å². The predicted molar refractivity (Wildman–Crippen MR) is 69.5 cm³/mol. The molecule has 0 aliphatic carbocycles. The van der Waals surface area contributed by atoms with Crippen LogP contribution < -0.4 is 5.73 Å². The highest BCUT2D eigenvalue weighted by molar-refractivity contribution is 7.99. The van der Waals surface area contributed by atoms with E-state index in [-0.39, 0.29) is 15.8 Å². The minimum Gasteiger partial charge on any atom is -0.324 e. The Balaban J connectivity index is 2.28. The van der Waals surface area contributed by atoms with Crippen LogP contribution in [0.1, 0.15) is 18.5 Å². The maximum absolute atomic E-state index is 13.8. The average Bonchev–Trinajstić information content (AvgIpc) is 2.34. The maximum Gasteiger partial charge on any atom is 0.140 e. The summed E-state index contributed by atoms with van der Waals surface area (Å²) in [5.74, 6) is -1.83. The van der Waals surface area contributed by atoms with E-state index >= 15 is 0 Å². The zero-order valence-corrected chi connectivity index (χ0v) is 11.0. The van der Waals surface area contributed by atoms with Gasteiger partial charge < -0.3 is 5.73 Å². The SMILES string of the molecule is CC(N)c1ccc(Sc2ccc(F)cc2F)c(F)c1. The number of nitrogens with two attached hydrogens (primary N) is 1. The van der Waals surface area contributed by atoms with Crippen LogP contribution in [0.2, 0.25) is 0 Å². The number of rotatable bonds is 3. The zero-order chi connectivity index (χ0) is 14.0. The van der Waals surface area contributed by atoms with Gasteiger partial charge in [0.1, 0.15) is 17.5 Å². The number of hydrogen-bond donors (Lipinski definition) is 1. The molecule has 0 aliphatic rings. The average molecular weight is 283 g/mol. The van der Waals surface area contributed by atoms with Crippen LogP contribution in [0.15, 0.2) is 46.2 Å². The van der Waals surface area contributed by atoms with E-state index in [2.05, 4.69) is 0 Å². The second kappa shape index (κ2) is 5.67. The van der Waals surface area contributed by atoms with Crippen molar-refractivity contribution in [3.63, 3.8) is 0 Å². The normalized spacial score (nSPS) is 12.5. The topological polar surface area (TPSA) is 26.0 Å². The van der Waals surface area contributed by atoms with Gasteiger partial charge in [-0.25, -0.2) is 13.2 Å². The summed E-state index contributed by atoms with van der Waals surface area (Å²) >= 11 is 0.912. The van der Waals surface area contributed by atoms with E-state index in [1.165, 1.54) is 12.1 Å². The van der Waals surface area contributed by atoms with E-state index in [0.717, 1.165) is 23.9 Å². The number of halogens is 3. The van der Waals surface area contributed by atoms with E-state index in [9.17, 15) is 13.2 Å². The van der Waals surface area contributed by atoms with Gasteiger partial charge in [-0.1, -0.05) is 17.8 Å². The van der Waals surface area contributed by atoms with Gasteiger partial charge in [-0.3, -0.25) is 0 Å². The highest BCUT2D eigenvalue weighted by atomic mass is 32.2. The maximum atomic E-state index is 13.8. The van der Waals surface area contributed by atoms with Gasteiger partial charge in [-0.15, -0.1) is 0 Å². The first kappa shape index (κ1) is 14.0. The lowest BCUT2D eigenvalue weighted by atomic mass is 10.1. The Kier molecular flexibility index (Phi) is 4.17. The molecule has 1 nitrogen and oxygen atoms in total. The molecule has 2 aromatic rings. The highest BCUT2D eigenvalue weighted by Gasteiger charge is 2.11. The molecular formula is C14H12F3NS. The van der Waals surface area contributed by atoms with Crippen molar-refractivity contribution in [2.75, 3.05) is 0 Å². The Morgan fingerprint density at radius 3 is 2.05 bits per heavy atom. The van der Waals surface area contributed by atoms with Crippen LogP contribution in [0.25, 0.3) is 0 Å². The Hall–Kier alpha value is -1.46. The predicted octanol–water partition coefficient (Wildman–Crippen LogP) is 4.27. The molecule has 0 amide bonds. The standard InChI is InChI=1S/C14H12F3NS/c1-8(18)9-2-4-13(11(16)6-9)19-14-5-3-10(15)7-12(14)17/h2-8H,18H2,1H3. The molecule has 0 aromatic heterocycles. The first-order valence-electron chi connectivity index (χ1n) is 5.65. The Bertz CT molecular complexity index is 599. The van der Waals surface area contributed by atoms with Crippen molar-refractivity contribution in [3.8, 4) is 0 Å². The summed E-state index contributed by atoms with van der Waals surface area (Å²) < 4.78 is 40.1. The molecule has 1 unspecified atom stereocenters. The third-order valence-electron chi connectivity index (χ3n) is 2.60. The molecule has 0 spiro atoms. The van der Waals surface area contributed by atoms with Crippen molar-refractivity contribution < 1.29 is 13.2 Å². The van der Waals surface area contributed by atoms with Crippen molar-refractivity contribution in [1.29, 1.82) is 0 Å². The highest BCUT2D eigenvalue weighted by Crippen LogP contribution is 2.32. The molecule has 2 N–H and O–H groups in total. The monoisotopic (exact) mass is 283 g/mol. The van der Waals surface area contributed by atoms with Crippen molar-refractivity contribution in [3.05, 3.63) is 59.4 Å². The molecule has 19 heavy (non-hydrogen) atoms. The minimum atomic E-state index is -0.708. The Morgan fingerprint density at radius 1 is 0.947 bits per heavy atom. The third kappa shape index (κ3) is 3.30. The van der Waals surface area contributed by atoms with Gasteiger partial charge in [0, 0.05) is 21.9 Å². The van der Waals surface area contributed by atoms with Crippen LogP contribution in [0.3, 0.4) is 0 Å². The summed E-state index contributed by atoms with van der Waals surface area (Å²) in [5, 5.41) is 0. The molecule has 1 atom stereocenters. The van der Waals surface area contributed by atoms with Gasteiger partial charge in [0.25, 0.3) is 0 Å². The van der Waals surface area contributed by atoms with Crippen molar-refractivity contribution in [2.24, 2.45) is 5.73 Å². The van der Waals surface area contributed by atoms with E-state index in [4.69, 9.17) is 5.73 Å². The molecule has 5 heteroatoms. The van der Waals surface area contributed by atoms with Crippen LogP contribution in [-0.2, 0) is 0 Å². The molecule has 2 rings (SSSR count). The van der Waals surface area contributed by atoms with Gasteiger partial charge in [-0.2, -0.15) is 0 Å². The summed E-state index contributed by atoms with van der Waals surface area (Å²) in [6.07, 6.45) is 0. The summed E-state index contributed by atoms with van der Waals surface area (Å²) in [6, 6.07) is 7.49. The summed E-state index contributed by atoms with van der Waals surface area (Å²) in [5.41, 5.74) is 6.32. The minimum absolute atomic E-state index is 0.175. The fourth-order valence-electron chi connectivity index (χ4n) is 1.56. The van der Waals surface area contributed by atoms with E-state index in [1.54, 1.807) is 19.1 Å². The number of hydrogen-bond acceptors (Lipinski definition) is 2. The largest absolute Gasteiger partial charge is 0.324 e. The van der Waals surface area contributed by atoms with E-state index < -0.39 is 17.5 Å². The smallest absolute Gasteiger partial charge is 0.140 e. The molecule has 0 fully saturated rings. The quantitative estimate of drug-likeness (QED) is 0.910. The van der Waals surface area contributed by atoms with E-state index in [1.807, 2.05) is 0 Å². The molecular weight excluding hydrogens is 271 g/mol. The van der Waals surface area contributed by atoms with Gasteiger partial charge in [-0.05, 0) is 36.8 Å². The third-order valence-corrected chi connectivity index (χ3v) is 3.70. The van der Waals surface area contributed by atoms with Crippen molar-refractivity contribution >= 4 is 11.8 Å². The van der Waals surface area contributed by atoms with Gasteiger partial charge >= 0.3 is 0 Å². The summed E-state index contributed by atoms with van der Waals surface area (Å²) in [6.45, 7) is 1.75. The van der Waals surface area contributed by atoms with Crippen LogP contribution >= 0.6 is 11.8 Å². The van der Waals surface area contributed by atoms with Crippen molar-refractivity contribution in [2.45, 2.75) is 22.8 Å². The summed E-state index contributed by atoms with van der Waals surface area (Å²) in [4.78, 5) is 0.448. The second-order valence-corrected chi connectivity index (χ2v) is 5.24. The molecule has 0 saturated carbocycles. The fraction of sp³-hybridized carbons (Fsp3) is 0.143.